The van der Waals surface area contributed by atoms with Crippen molar-refractivity contribution in [1.82, 2.24) is 14.6 Å². The molecule has 0 amide bonds. The van der Waals surface area contributed by atoms with Gasteiger partial charge in [-0.2, -0.15) is 4.98 Å². The maximum Gasteiger partial charge on any atom is 0.351 e. The first-order valence-corrected chi connectivity index (χ1v) is 13.5. The zero-order valence-corrected chi connectivity index (χ0v) is 23.6. The molecule has 0 aliphatic carbocycles. The van der Waals surface area contributed by atoms with Gasteiger partial charge in [0.05, 0.1) is 25.4 Å². The predicted molar refractivity (Wildman–Crippen MR) is 147 cm³/mol. The van der Waals surface area contributed by atoms with Gasteiger partial charge in [0.1, 0.15) is 17.9 Å². The second kappa shape index (κ2) is 16.9. The Morgan fingerprint density at radius 2 is 1.88 bits per heavy atom. The molecule has 1 aliphatic rings. The average molecular weight is 605 g/mol. The van der Waals surface area contributed by atoms with Gasteiger partial charge in [-0.05, 0) is 31.4 Å². The van der Waals surface area contributed by atoms with E-state index in [9.17, 15) is 27.2 Å². The molecule has 0 bridgehead atoms. The molecule has 1 fully saturated rings. The molecule has 10 nitrogen and oxygen atoms in total. The zero-order valence-electron chi connectivity index (χ0n) is 22.7. The fraction of sp³-hybridized carbons (Fsp3) is 0.423. The van der Waals surface area contributed by atoms with Gasteiger partial charge < -0.3 is 29.0 Å². The van der Waals surface area contributed by atoms with E-state index < -0.39 is 45.8 Å². The van der Waals surface area contributed by atoms with Crippen molar-refractivity contribution < 1.29 is 40.9 Å². The van der Waals surface area contributed by atoms with Crippen molar-refractivity contribution in [3.8, 4) is 5.75 Å². The van der Waals surface area contributed by atoms with Gasteiger partial charge in [-0.1, -0.05) is 36.4 Å². The van der Waals surface area contributed by atoms with Gasteiger partial charge >= 0.3 is 14.2 Å². The molecule has 3 N–H and O–H groups in total. The lowest BCUT2D eigenvalue weighted by Gasteiger charge is -2.21. The van der Waals surface area contributed by atoms with Gasteiger partial charge in [-0.25, -0.2) is 27.4 Å². The molecule has 3 unspecified atom stereocenters. The van der Waals surface area contributed by atoms with E-state index in [4.69, 9.17) is 24.3 Å². The number of anilines is 1. The van der Waals surface area contributed by atoms with Gasteiger partial charge in [0.2, 0.25) is 13.2 Å². The van der Waals surface area contributed by atoms with Crippen LogP contribution in [0.2, 0.25) is 0 Å². The van der Waals surface area contributed by atoms with Crippen molar-refractivity contribution in [3.63, 3.8) is 0 Å². The molecular weight excluding hydrogens is 571 g/mol. The number of nitrogens with zero attached hydrogens (tertiary/aromatic N) is 2. The van der Waals surface area contributed by atoms with Crippen molar-refractivity contribution in [2.24, 2.45) is 0 Å². The number of halogens is 4. The van der Waals surface area contributed by atoms with E-state index in [2.05, 4.69) is 10.1 Å². The highest BCUT2D eigenvalue weighted by Crippen LogP contribution is 2.44. The molecule has 0 saturated carbocycles. The average Bonchev–Trinajstić information content (AvgIpc) is 3.24. The Balaban J connectivity index is 0.000000653. The molecule has 3 atom stereocenters. The number of hydrogen-bond acceptors (Lipinski definition) is 9. The van der Waals surface area contributed by atoms with E-state index in [1.165, 1.54) is 6.07 Å². The molecule has 1 saturated heterocycles. The second-order valence-electron chi connectivity index (χ2n) is 8.65. The van der Waals surface area contributed by atoms with Crippen LogP contribution in [0.1, 0.15) is 26.5 Å². The van der Waals surface area contributed by atoms with Crippen molar-refractivity contribution in [2.45, 2.75) is 44.6 Å². The van der Waals surface area contributed by atoms with Crippen LogP contribution in [0.15, 0.2) is 59.5 Å². The number of aromatic nitrogens is 2. The maximum atomic E-state index is 14.6. The molecule has 3 aromatic rings. The summed E-state index contributed by atoms with van der Waals surface area (Å²) >= 11 is 0. The third-order valence-corrected chi connectivity index (χ3v) is 6.56. The molecule has 2 heterocycles. The van der Waals surface area contributed by atoms with Gasteiger partial charge in [0.15, 0.2) is 0 Å². The first kappa shape index (κ1) is 34.0. The number of nitrogens with two attached hydrogens (primary N) is 1. The summed E-state index contributed by atoms with van der Waals surface area (Å²) in [5.74, 6) is -2.88. The quantitative estimate of drug-likeness (QED) is 0.188. The molecule has 0 radical (unpaired) electrons. The Morgan fingerprint density at radius 1 is 1.22 bits per heavy atom. The summed E-state index contributed by atoms with van der Waals surface area (Å²) in [6, 6.07) is 14.3. The highest BCUT2D eigenvalue weighted by molar-refractivity contribution is 7.45. The SMILES string of the molecule is COC(C)C.FCF.Nc1ccn(C2OC(COP(NCC=O)Oc3cccc4ccccc34)CC2(F)F)c(=O)n1. The van der Waals surface area contributed by atoms with Crippen LogP contribution in [-0.2, 0) is 18.8 Å². The molecule has 226 valence electrons. The maximum absolute atomic E-state index is 14.6. The van der Waals surface area contributed by atoms with E-state index in [0.717, 1.165) is 17.0 Å². The van der Waals surface area contributed by atoms with Crippen LogP contribution in [0.25, 0.3) is 10.8 Å². The Hall–Kier alpha value is -3.16. The van der Waals surface area contributed by atoms with Crippen LogP contribution in [0.5, 0.6) is 5.75 Å². The minimum atomic E-state index is -3.33. The number of nitrogens with one attached hydrogen (secondary N) is 1. The van der Waals surface area contributed by atoms with Crippen LogP contribution in [0.3, 0.4) is 0 Å². The standard InChI is InChI=1S/C21H21F2N4O5P.C4H10O.CH2F2/c22-21(23)12-15(31-19(21)27-10-8-18(24)26-20(27)29)13-30-33(25-9-11-28)32-17-7-3-5-14-4-1-2-6-16(14)17;1-4(2)5-3;2-1-3/h1-8,10-11,15,19,25H,9,12-13H2,(H2,24,26,29);4H,1-3H3;1H2. The van der Waals surface area contributed by atoms with E-state index in [1.54, 1.807) is 13.2 Å². The molecule has 1 aliphatic heterocycles. The van der Waals surface area contributed by atoms with Crippen molar-refractivity contribution >= 4 is 31.4 Å². The highest BCUT2D eigenvalue weighted by Gasteiger charge is 2.52. The number of aldehydes is 1. The number of carbonyl (C=O) groups is 1. The number of ether oxygens (including phenoxy) is 2. The monoisotopic (exact) mass is 604 g/mol. The van der Waals surface area contributed by atoms with E-state index in [-0.39, 0.29) is 19.0 Å². The first-order chi connectivity index (χ1) is 19.6. The van der Waals surface area contributed by atoms with Crippen molar-refractivity contribution in [3.05, 3.63) is 65.2 Å². The largest absolute Gasteiger partial charge is 0.435 e. The summed E-state index contributed by atoms with van der Waals surface area (Å²) in [7, 11) is -0.147. The van der Waals surface area contributed by atoms with E-state index >= 15 is 0 Å². The normalized spacial score (nSPS) is 18.1. The van der Waals surface area contributed by atoms with Gasteiger partial charge in [0.25, 0.3) is 5.92 Å². The molecule has 15 heteroatoms. The lowest BCUT2D eigenvalue weighted by molar-refractivity contribution is -0.119. The lowest BCUT2D eigenvalue weighted by Crippen LogP contribution is -2.35. The number of hydrogen-bond donors (Lipinski definition) is 2. The van der Waals surface area contributed by atoms with Gasteiger partial charge in [0, 0.05) is 25.1 Å². The lowest BCUT2D eigenvalue weighted by atomic mass is 10.1. The second-order valence-corrected chi connectivity index (χ2v) is 9.92. The van der Waals surface area contributed by atoms with Crippen LogP contribution >= 0.6 is 8.53 Å². The summed E-state index contributed by atoms with van der Waals surface area (Å²) in [4.78, 5) is 26.3. The molecule has 1 aromatic heterocycles. The predicted octanol–water partition coefficient (Wildman–Crippen LogP) is 4.94. The number of alkyl halides is 4. The topological polar surface area (TPSA) is 127 Å². The van der Waals surface area contributed by atoms with E-state index in [0.29, 0.717) is 22.7 Å². The summed E-state index contributed by atoms with van der Waals surface area (Å²) in [5, 5.41) is 4.60. The molecule has 41 heavy (non-hydrogen) atoms. The Morgan fingerprint density at radius 3 is 2.51 bits per heavy atom. The minimum absolute atomic E-state index is 0.0483. The molecular formula is C26H33F4N4O6P. The number of methoxy groups -OCH3 is 1. The van der Waals surface area contributed by atoms with Crippen LogP contribution in [0.4, 0.5) is 23.4 Å². The summed E-state index contributed by atoms with van der Waals surface area (Å²) in [5.41, 5.74) is 4.49. The number of rotatable bonds is 10. The van der Waals surface area contributed by atoms with Crippen LogP contribution in [-0.4, -0.2) is 61.2 Å². The first-order valence-electron chi connectivity index (χ1n) is 12.3. The number of fused-ring (bicyclic) bond motifs is 1. The Labute approximate surface area is 235 Å². The number of benzene rings is 2. The molecule has 0 spiro atoms. The third kappa shape index (κ3) is 10.6. The van der Waals surface area contributed by atoms with E-state index in [1.807, 2.05) is 50.2 Å². The molecule has 2 aromatic carbocycles. The fourth-order valence-electron chi connectivity index (χ4n) is 3.44. The highest BCUT2D eigenvalue weighted by atomic mass is 31.2. The van der Waals surface area contributed by atoms with Crippen LogP contribution < -0.4 is 21.0 Å². The smallest absolute Gasteiger partial charge is 0.351 e. The van der Waals surface area contributed by atoms with Gasteiger partial charge in [-0.15, -0.1) is 0 Å². The number of carbonyl (C=O) groups excluding carboxylic acids is 1. The van der Waals surface area contributed by atoms with Crippen LogP contribution in [0, 0.1) is 0 Å². The number of nitrogen functional groups attached to an aromatic ring is 1. The Kier molecular flexibility index (Phi) is 14.1. The fourth-order valence-corrected chi connectivity index (χ4v) is 4.51. The van der Waals surface area contributed by atoms with Gasteiger partial charge in [-0.3, -0.25) is 4.57 Å². The summed E-state index contributed by atoms with van der Waals surface area (Å²) in [6.07, 6.45) is -1.38. The minimum Gasteiger partial charge on any atom is -0.435 e. The van der Waals surface area contributed by atoms with Crippen molar-refractivity contribution in [2.75, 3.05) is 32.9 Å². The van der Waals surface area contributed by atoms with Crippen molar-refractivity contribution in [1.29, 1.82) is 0 Å². The third-order valence-electron chi connectivity index (χ3n) is 5.37. The zero-order chi connectivity index (χ0) is 30.4. The summed E-state index contributed by atoms with van der Waals surface area (Å²) < 4.78 is 70.9. The molecule has 4 rings (SSSR count). The Bertz CT molecular complexity index is 1280. The summed E-state index contributed by atoms with van der Waals surface area (Å²) in [6.45, 7) is 1.96.